The molecule has 29 heavy (non-hydrogen) atoms. The van der Waals surface area contributed by atoms with Gasteiger partial charge in [-0.15, -0.1) is 0 Å². The van der Waals surface area contributed by atoms with Gasteiger partial charge in [0.2, 0.25) is 0 Å². The lowest BCUT2D eigenvalue weighted by Crippen LogP contribution is -2.34. The van der Waals surface area contributed by atoms with Crippen molar-refractivity contribution in [3.05, 3.63) is 96.1 Å². The first kappa shape index (κ1) is 18.5. The molecule has 4 aromatic rings. The van der Waals surface area contributed by atoms with Gasteiger partial charge in [0.15, 0.2) is 6.04 Å². The summed E-state index contributed by atoms with van der Waals surface area (Å²) in [4.78, 5) is 29.1. The van der Waals surface area contributed by atoms with Gasteiger partial charge in [-0.05, 0) is 17.2 Å². The third-order valence-electron chi connectivity index (χ3n) is 4.84. The quantitative estimate of drug-likeness (QED) is 0.499. The first-order valence-corrected chi connectivity index (χ1v) is 9.29. The maximum Gasteiger partial charge on any atom is 0.333 e. The number of aromatic nitrogens is 1. The highest BCUT2D eigenvalue weighted by atomic mass is 16.5. The summed E-state index contributed by atoms with van der Waals surface area (Å²) in [5.41, 5.74) is 3.61. The number of H-pyrrole nitrogens is 1. The van der Waals surface area contributed by atoms with E-state index in [0.29, 0.717) is 16.8 Å². The summed E-state index contributed by atoms with van der Waals surface area (Å²) in [5.74, 6) is -0.869. The Morgan fingerprint density at radius 1 is 0.862 bits per heavy atom. The summed E-state index contributed by atoms with van der Waals surface area (Å²) in [6.45, 7) is 0. The maximum absolute atomic E-state index is 13.4. The zero-order valence-electron chi connectivity index (χ0n) is 15.9. The van der Waals surface area contributed by atoms with E-state index >= 15 is 0 Å². The lowest BCUT2D eigenvalue weighted by Gasteiger charge is -2.17. The molecule has 4 rings (SSSR count). The van der Waals surface area contributed by atoms with E-state index in [4.69, 9.17) is 4.74 Å². The number of fused-ring (bicyclic) bond motifs is 1. The summed E-state index contributed by atoms with van der Waals surface area (Å²) < 4.78 is 4.93. The van der Waals surface area contributed by atoms with Crippen LogP contribution in [-0.2, 0) is 9.53 Å². The van der Waals surface area contributed by atoms with Crippen LogP contribution >= 0.6 is 0 Å². The van der Waals surface area contributed by atoms with Crippen molar-refractivity contribution in [1.29, 1.82) is 0 Å². The van der Waals surface area contributed by atoms with E-state index in [9.17, 15) is 9.59 Å². The molecule has 0 fully saturated rings. The summed E-state index contributed by atoms with van der Waals surface area (Å²) >= 11 is 0. The van der Waals surface area contributed by atoms with Crippen LogP contribution in [0.5, 0.6) is 0 Å². The highest BCUT2D eigenvalue weighted by molar-refractivity contribution is 6.13. The van der Waals surface area contributed by atoms with Crippen LogP contribution in [0.2, 0.25) is 0 Å². The fraction of sp³-hybridized carbons (Fsp3) is 0.0833. The third-order valence-corrected chi connectivity index (χ3v) is 4.84. The predicted molar refractivity (Wildman–Crippen MR) is 112 cm³/mol. The van der Waals surface area contributed by atoms with E-state index in [2.05, 4.69) is 10.3 Å². The van der Waals surface area contributed by atoms with Crippen LogP contribution in [-0.4, -0.2) is 24.0 Å². The van der Waals surface area contributed by atoms with Gasteiger partial charge in [0.25, 0.3) is 5.91 Å². The Labute approximate surface area is 168 Å². The van der Waals surface area contributed by atoms with Gasteiger partial charge in [0.05, 0.1) is 18.4 Å². The zero-order chi connectivity index (χ0) is 20.2. The van der Waals surface area contributed by atoms with E-state index in [0.717, 1.165) is 16.5 Å². The molecule has 1 amide bonds. The number of nitrogens with one attached hydrogen (secondary N) is 2. The average molecular weight is 384 g/mol. The van der Waals surface area contributed by atoms with Crippen LogP contribution in [0.15, 0.2) is 84.9 Å². The van der Waals surface area contributed by atoms with E-state index in [1.807, 2.05) is 72.8 Å². The van der Waals surface area contributed by atoms with E-state index in [1.165, 1.54) is 7.11 Å². The molecule has 0 spiro atoms. The fourth-order valence-corrected chi connectivity index (χ4v) is 3.44. The van der Waals surface area contributed by atoms with Crippen LogP contribution in [0.25, 0.3) is 22.2 Å². The van der Waals surface area contributed by atoms with Crippen molar-refractivity contribution in [2.24, 2.45) is 0 Å². The van der Waals surface area contributed by atoms with Gasteiger partial charge in [-0.2, -0.15) is 0 Å². The molecule has 144 valence electrons. The van der Waals surface area contributed by atoms with Gasteiger partial charge in [-0.1, -0.05) is 78.9 Å². The number of ether oxygens (including phenoxy) is 1. The Hall–Kier alpha value is -3.86. The van der Waals surface area contributed by atoms with Crippen molar-refractivity contribution in [1.82, 2.24) is 10.3 Å². The summed E-state index contributed by atoms with van der Waals surface area (Å²) in [6.07, 6.45) is 0. The van der Waals surface area contributed by atoms with Gasteiger partial charge in [0, 0.05) is 10.9 Å². The lowest BCUT2D eigenvalue weighted by molar-refractivity contribution is -0.143. The number of hydrogen-bond donors (Lipinski definition) is 2. The lowest BCUT2D eigenvalue weighted by atomic mass is 10.0. The topological polar surface area (TPSA) is 71.2 Å². The number of amides is 1. The first-order valence-electron chi connectivity index (χ1n) is 9.29. The molecular weight excluding hydrogens is 364 g/mol. The second-order valence-corrected chi connectivity index (χ2v) is 6.63. The number of hydrogen-bond acceptors (Lipinski definition) is 3. The Bertz CT molecular complexity index is 1150. The van der Waals surface area contributed by atoms with Crippen LogP contribution in [0.3, 0.4) is 0 Å². The number of carbonyl (C=O) groups is 2. The molecule has 0 saturated carbocycles. The van der Waals surface area contributed by atoms with Crippen molar-refractivity contribution in [3.63, 3.8) is 0 Å². The smallest absolute Gasteiger partial charge is 0.333 e. The molecule has 5 heteroatoms. The van der Waals surface area contributed by atoms with Crippen molar-refractivity contribution in [2.75, 3.05) is 7.11 Å². The number of methoxy groups -OCH3 is 1. The van der Waals surface area contributed by atoms with Crippen molar-refractivity contribution in [2.45, 2.75) is 6.04 Å². The van der Waals surface area contributed by atoms with E-state index in [-0.39, 0.29) is 5.91 Å². The average Bonchev–Trinajstić information content (AvgIpc) is 3.18. The number of esters is 1. The number of carbonyl (C=O) groups excluding carboxylic acids is 2. The van der Waals surface area contributed by atoms with Crippen molar-refractivity contribution >= 4 is 22.8 Å². The van der Waals surface area contributed by atoms with Crippen molar-refractivity contribution < 1.29 is 14.3 Å². The van der Waals surface area contributed by atoms with Gasteiger partial charge < -0.3 is 15.0 Å². The molecule has 0 saturated heterocycles. The van der Waals surface area contributed by atoms with Crippen LogP contribution in [0.4, 0.5) is 0 Å². The monoisotopic (exact) mass is 384 g/mol. The highest BCUT2D eigenvalue weighted by Gasteiger charge is 2.27. The molecule has 0 aliphatic rings. The van der Waals surface area contributed by atoms with E-state index in [1.54, 1.807) is 12.1 Å². The van der Waals surface area contributed by atoms with Crippen LogP contribution in [0.1, 0.15) is 22.0 Å². The second kappa shape index (κ2) is 8.02. The zero-order valence-corrected chi connectivity index (χ0v) is 15.9. The predicted octanol–water partition coefficient (Wildman–Crippen LogP) is 4.48. The van der Waals surface area contributed by atoms with Crippen molar-refractivity contribution in [3.8, 4) is 11.3 Å². The SMILES string of the molecule is COC(=O)[C@@H](NC(=O)c1c(-c2ccccc2)[nH]c2ccccc12)c1ccccc1. The molecule has 1 aromatic heterocycles. The molecule has 0 aliphatic heterocycles. The molecule has 1 heterocycles. The third kappa shape index (κ3) is 3.62. The molecule has 0 aliphatic carbocycles. The number of benzene rings is 3. The first-order chi connectivity index (χ1) is 14.2. The van der Waals surface area contributed by atoms with Gasteiger partial charge in [-0.25, -0.2) is 4.79 Å². The van der Waals surface area contributed by atoms with Crippen LogP contribution < -0.4 is 5.32 Å². The Morgan fingerprint density at radius 3 is 2.17 bits per heavy atom. The number of aromatic amines is 1. The summed E-state index contributed by atoms with van der Waals surface area (Å²) in [6, 6.07) is 25.4. The van der Waals surface area contributed by atoms with Crippen LogP contribution in [0, 0.1) is 0 Å². The Kier molecular flexibility index (Phi) is 5.12. The largest absolute Gasteiger partial charge is 0.467 e. The molecule has 3 aromatic carbocycles. The fourth-order valence-electron chi connectivity index (χ4n) is 3.44. The second-order valence-electron chi connectivity index (χ2n) is 6.63. The van der Waals surface area contributed by atoms with Gasteiger partial charge >= 0.3 is 5.97 Å². The van der Waals surface area contributed by atoms with Gasteiger partial charge in [-0.3, -0.25) is 4.79 Å². The van der Waals surface area contributed by atoms with Gasteiger partial charge in [0.1, 0.15) is 0 Å². The Morgan fingerprint density at radius 2 is 1.48 bits per heavy atom. The number of para-hydroxylation sites is 1. The molecule has 0 radical (unpaired) electrons. The standard InChI is InChI=1S/C24H20N2O3/c1-29-24(28)22(17-12-6-3-7-13-17)26-23(27)20-18-14-8-9-15-19(18)25-21(20)16-10-4-2-5-11-16/h2-15,22,25H,1H3,(H,26,27)/t22-/m0/s1. The van der Waals surface area contributed by atoms with E-state index < -0.39 is 12.0 Å². The molecular formula is C24H20N2O3. The number of rotatable bonds is 5. The molecule has 5 nitrogen and oxygen atoms in total. The molecule has 0 bridgehead atoms. The molecule has 0 unspecified atom stereocenters. The molecule has 1 atom stereocenters. The minimum Gasteiger partial charge on any atom is -0.467 e. The summed E-state index contributed by atoms with van der Waals surface area (Å²) in [7, 11) is 1.31. The minimum absolute atomic E-state index is 0.347. The summed E-state index contributed by atoms with van der Waals surface area (Å²) in [5, 5.41) is 3.65. The Balaban J connectivity index is 1.79. The minimum atomic E-state index is -0.897. The maximum atomic E-state index is 13.4. The molecule has 2 N–H and O–H groups in total. The highest BCUT2D eigenvalue weighted by Crippen LogP contribution is 2.31. The normalized spacial score (nSPS) is 11.8.